The highest BCUT2D eigenvalue weighted by molar-refractivity contribution is 7.88. The molecule has 3 N–H and O–H groups in total. The van der Waals surface area contributed by atoms with Crippen molar-refractivity contribution in [2.24, 2.45) is 0 Å². The SMILES string of the molecule is COc1cncc(-c2ccc3[nH]nc(-c4cc5c(-c6cc(F)cc(CNS(C)(=O)=O)c6)cncc5[nH]4)c3n2)c1. The second-order valence-corrected chi connectivity index (χ2v) is 10.9. The summed E-state index contributed by atoms with van der Waals surface area (Å²) in [5, 5.41) is 8.33. The normalized spacial score (nSPS) is 11.9. The summed E-state index contributed by atoms with van der Waals surface area (Å²) in [4.78, 5) is 16.7. The second kappa shape index (κ2) is 9.57. The number of aromatic nitrogens is 6. The highest BCUT2D eigenvalue weighted by Gasteiger charge is 2.17. The molecule has 12 heteroatoms. The fourth-order valence-corrected chi connectivity index (χ4v) is 4.88. The van der Waals surface area contributed by atoms with Crippen molar-refractivity contribution in [2.45, 2.75) is 6.54 Å². The summed E-state index contributed by atoms with van der Waals surface area (Å²) in [7, 11) is -1.84. The summed E-state index contributed by atoms with van der Waals surface area (Å²) in [5.74, 6) is 0.151. The average molecular weight is 544 g/mol. The summed E-state index contributed by atoms with van der Waals surface area (Å²) >= 11 is 0. The zero-order chi connectivity index (χ0) is 27.1. The fraction of sp³-hybridized carbons (Fsp3) is 0.111. The van der Waals surface area contributed by atoms with Gasteiger partial charge in [0.25, 0.3) is 0 Å². The molecule has 0 fully saturated rings. The number of benzene rings is 1. The maximum Gasteiger partial charge on any atom is 0.209 e. The average Bonchev–Trinajstić information content (AvgIpc) is 3.55. The largest absolute Gasteiger partial charge is 0.495 e. The lowest BCUT2D eigenvalue weighted by Crippen LogP contribution is -2.21. The van der Waals surface area contributed by atoms with E-state index in [1.165, 1.54) is 12.1 Å². The molecule has 0 aliphatic rings. The predicted octanol–water partition coefficient (Wildman–Crippen LogP) is 4.43. The van der Waals surface area contributed by atoms with Crippen LogP contribution in [-0.2, 0) is 16.6 Å². The van der Waals surface area contributed by atoms with Crippen molar-refractivity contribution in [3.05, 3.63) is 78.6 Å². The van der Waals surface area contributed by atoms with Crippen LogP contribution in [0.15, 0.2) is 67.3 Å². The molecule has 0 unspecified atom stereocenters. The van der Waals surface area contributed by atoms with Gasteiger partial charge in [0.1, 0.15) is 22.8 Å². The predicted molar refractivity (Wildman–Crippen MR) is 146 cm³/mol. The van der Waals surface area contributed by atoms with Crippen molar-refractivity contribution in [2.75, 3.05) is 13.4 Å². The van der Waals surface area contributed by atoms with Crippen molar-refractivity contribution >= 4 is 32.0 Å². The number of H-pyrrole nitrogens is 2. The summed E-state index contributed by atoms with van der Waals surface area (Å²) < 4.78 is 45.2. The number of rotatable bonds is 7. The fourth-order valence-electron chi connectivity index (χ4n) is 4.45. The van der Waals surface area contributed by atoms with Crippen molar-refractivity contribution in [1.29, 1.82) is 0 Å². The van der Waals surface area contributed by atoms with E-state index in [1.807, 2.05) is 24.3 Å². The molecule has 5 heterocycles. The highest BCUT2D eigenvalue weighted by Crippen LogP contribution is 2.34. The van der Waals surface area contributed by atoms with Gasteiger partial charge in [-0.05, 0) is 53.6 Å². The molecule has 0 atom stereocenters. The molecule has 10 nitrogen and oxygen atoms in total. The van der Waals surface area contributed by atoms with Gasteiger partial charge in [0.2, 0.25) is 10.0 Å². The molecular formula is C27H22FN7O3S. The third-order valence-corrected chi connectivity index (χ3v) is 6.93. The Labute approximate surface area is 222 Å². The zero-order valence-corrected chi connectivity index (χ0v) is 21.7. The molecule has 0 radical (unpaired) electrons. The third kappa shape index (κ3) is 4.94. The molecule has 196 valence electrons. The van der Waals surface area contributed by atoms with Crippen molar-refractivity contribution < 1.29 is 17.5 Å². The number of methoxy groups -OCH3 is 1. The van der Waals surface area contributed by atoms with Gasteiger partial charge in [-0.15, -0.1) is 0 Å². The van der Waals surface area contributed by atoms with E-state index in [1.54, 1.807) is 38.0 Å². The molecule has 6 rings (SSSR count). The van der Waals surface area contributed by atoms with Crippen molar-refractivity contribution in [3.63, 3.8) is 0 Å². The van der Waals surface area contributed by atoms with Gasteiger partial charge >= 0.3 is 0 Å². The first-order valence-corrected chi connectivity index (χ1v) is 13.7. The van der Waals surface area contributed by atoms with E-state index >= 15 is 0 Å². The van der Waals surface area contributed by atoms with Crippen LogP contribution < -0.4 is 9.46 Å². The minimum Gasteiger partial charge on any atom is -0.495 e. The van der Waals surface area contributed by atoms with Crippen LogP contribution in [0.2, 0.25) is 0 Å². The van der Waals surface area contributed by atoms with Gasteiger partial charge in [-0.1, -0.05) is 0 Å². The quantitative estimate of drug-likeness (QED) is 0.271. The molecule has 6 aromatic rings. The van der Waals surface area contributed by atoms with Crippen LogP contribution in [0.5, 0.6) is 5.75 Å². The Bertz CT molecular complexity index is 1970. The Morgan fingerprint density at radius 1 is 0.974 bits per heavy atom. The van der Waals surface area contributed by atoms with E-state index in [0.29, 0.717) is 45.0 Å². The van der Waals surface area contributed by atoms with Crippen LogP contribution in [0, 0.1) is 5.82 Å². The Morgan fingerprint density at radius 2 is 1.82 bits per heavy atom. The summed E-state index contributed by atoms with van der Waals surface area (Å²) in [5.41, 5.74) is 6.73. The number of hydrogen-bond acceptors (Lipinski definition) is 7. The summed E-state index contributed by atoms with van der Waals surface area (Å²) in [6.45, 7) is -0.0263. The van der Waals surface area contributed by atoms with Crippen LogP contribution in [-0.4, -0.2) is 51.9 Å². The van der Waals surface area contributed by atoms with Crippen molar-refractivity contribution in [1.82, 2.24) is 34.9 Å². The number of hydrogen-bond donors (Lipinski definition) is 3. The lowest BCUT2D eigenvalue weighted by atomic mass is 10.0. The highest BCUT2D eigenvalue weighted by atomic mass is 32.2. The monoisotopic (exact) mass is 543 g/mol. The van der Waals surface area contributed by atoms with Gasteiger partial charge < -0.3 is 9.72 Å². The number of nitrogens with zero attached hydrogens (tertiary/aromatic N) is 4. The maximum atomic E-state index is 14.5. The smallest absolute Gasteiger partial charge is 0.209 e. The number of sulfonamides is 1. The van der Waals surface area contributed by atoms with Crippen LogP contribution in [0.3, 0.4) is 0 Å². The van der Waals surface area contributed by atoms with E-state index in [2.05, 4.69) is 29.9 Å². The number of halogens is 1. The van der Waals surface area contributed by atoms with E-state index < -0.39 is 15.8 Å². The number of ether oxygens (including phenoxy) is 1. The third-order valence-electron chi connectivity index (χ3n) is 6.26. The van der Waals surface area contributed by atoms with Gasteiger partial charge in [0, 0.05) is 35.5 Å². The molecule has 39 heavy (non-hydrogen) atoms. The standard InChI is InChI=1S/C27H22FN7O3S/c1-38-19-8-17(11-29-12-19)22-3-4-23-26(33-22)27(35-34-23)24-9-20-21(13-30-14-25(20)32-24)16-5-15(6-18(28)7-16)10-31-39(2,36)37/h3-9,11-14,31-32H,10H2,1-2H3,(H,34,35). The van der Waals surface area contributed by atoms with E-state index in [0.717, 1.165) is 28.2 Å². The minimum absolute atomic E-state index is 0.0263. The molecule has 5 aromatic heterocycles. The van der Waals surface area contributed by atoms with Gasteiger partial charge in [-0.3, -0.25) is 15.1 Å². The number of pyridine rings is 3. The minimum atomic E-state index is -3.43. The van der Waals surface area contributed by atoms with Gasteiger partial charge in [-0.25, -0.2) is 22.5 Å². The molecule has 0 amide bonds. The van der Waals surface area contributed by atoms with E-state index in [-0.39, 0.29) is 6.54 Å². The van der Waals surface area contributed by atoms with Crippen LogP contribution in [0.1, 0.15) is 5.56 Å². The zero-order valence-electron chi connectivity index (χ0n) is 20.9. The summed E-state index contributed by atoms with van der Waals surface area (Å²) in [6, 6.07) is 12.0. The molecular weight excluding hydrogens is 521 g/mol. The Hall–Kier alpha value is -4.68. The van der Waals surface area contributed by atoms with Gasteiger partial charge in [-0.2, -0.15) is 5.10 Å². The van der Waals surface area contributed by atoms with Crippen molar-refractivity contribution in [3.8, 4) is 39.5 Å². The lowest BCUT2D eigenvalue weighted by molar-refractivity contribution is 0.413. The van der Waals surface area contributed by atoms with E-state index in [9.17, 15) is 12.8 Å². The molecule has 0 aliphatic heterocycles. The van der Waals surface area contributed by atoms with Crippen LogP contribution in [0.4, 0.5) is 4.39 Å². The first-order chi connectivity index (χ1) is 18.8. The Balaban J connectivity index is 1.42. The summed E-state index contributed by atoms with van der Waals surface area (Å²) in [6.07, 6.45) is 7.74. The Morgan fingerprint density at radius 3 is 2.64 bits per heavy atom. The first kappa shape index (κ1) is 24.6. The van der Waals surface area contributed by atoms with Gasteiger partial charge in [0.15, 0.2) is 0 Å². The molecule has 0 bridgehead atoms. The molecule has 0 saturated heterocycles. The number of aromatic amines is 2. The van der Waals surface area contributed by atoms with Gasteiger partial charge in [0.05, 0.1) is 48.2 Å². The van der Waals surface area contributed by atoms with Crippen LogP contribution >= 0.6 is 0 Å². The molecule has 0 spiro atoms. The molecule has 0 aliphatic carbocycles. The lowest BCUT2D eigenvalue weighted by Gasteiger charge is -2.08. The number of nitrogens with one attached hydrogen (secondary N) is 3. The molecule has 1 aromatic carbocycles. The molecule has 0 saturated carbocycles. The second-order valence-electron chi connectivity index (χ2n) is 9.05. The van der Waals surface area contributed by atoms with Crippen LogP contribution in [0.25, 0.3) is 55.7 Å². The number of fused-ring (bicyclic) bond motifs is 2. The Kier molecular flexibility index (Phi) is 6.04. The van der Waals surface area contributed by atoms with E-state index in [4.69, 9.17) is 9.72 Å². The first-order valence-electron chi connectivity index (χ1n) is 11.8. The maximum absolute atomic E-state index is 14.5. The topological polar surface area (TPSA) is 139 Å².